The van der Waals surface area contributed by atoms with Crippen molar-refractivity contribution in [2.75, 3.05) is 31.1 Å². The number of H-pyrrole nitrogens is 1. The fraction of sp³-hybridized carbons (Fsp3) is 0.462. The van der Waals surface area contributed by atoms with Crippen LogP contribution >= 0.6 is 0 Å². The van der Waals surface area contributed by atoms with E-state index < -0.39 is 0 Å². The molecule has 1 saturated heterocycles. The van der Waals surface area contributed by atoms with Gasteiger partial charge >= 0.3 is 0 Å². The lowest BCUT2D eigenvalue weighted by Gasteiger charge is -2.40. The highest BCUT2D eigenvalue weighted by molar-refractivity contribution is 5.90. The van der Waals surface area contributed by atoms with Gasteiger partial charge < -0.3 is 15.6 Å². The van der Waals surface area contributed by atoms with Crippen molar-refractivity contribution >= 4 is 28.4 Å². The molecule has 0 bridgehead atoms. The number of fused-ring (bicyclic) bond motifs is 2. The van der Waals surface area contributed by atoms with Crippen LogP contribution in [0.1, 0.15) is 49.8 Å². The normalized spacial score (nSPS) is 17.2. The van der Waals surface area contributed by atoms with Gasteiger partial charge in [-0.2, -0.15) is 5.10 Å². The van der Waals surface area contributed by atoms with E-state index in [9.17, 15) is 4.79 Å². The maximum atomic E-state index is 11.2. The van der Waals surface area contributed by atoms with Crippen LogP contribution in [0.2, 0.25) is 0 Å². The van der Waals surface area contributed by atoms with E-state index in [0.717, 1.165) is 59.0 Å². The molecule has 35 heavy (non-hydrogen) atoms. The predicted octanol–water partition coefficient (Wildman–Crippen LogP) is 3.40. The molecule has 1 amide bonds. The summed E-state index contributed by atoms with van der Waals surface area (Å²) in [7, 11) is 0. The molecule has 0 spiro atoms. The van der Waals surface area contributed by atoms with Gasteiger partial charge in [-0.25, -0.2) is 14.5 Å². The molecule has 1 aliphatic rings. The number of carbonyl (C=O) groups excluding carboxylic acids is 1. The highest BCUT2D eigenvalue weighted by Crippen LogP contribution is 2.38. The van der Waals surface area contributed by atoms with Gasteiger partial charge in [0.05, 0.1) is 16.7 Å². The van der Waals surface area contributed by atoms with Gasteiger partial charge in [-0.05, 0) is 49.9 Å². The summed E-state index contributed by atoms with van der Waals surface area (Å²) in [4.78, 5) is 29.1. The molecule has 0 unspecified atom stereocenters. The van der Waals surface area contributed by atoms with Crippen molar-refractivity contribution in [2.24, 2.45) is 5.73 Å². The molecule has 3 N–H and O–H groups in total. The number of carbonyl (C=O) groups is 1. The Labute approximate surface area is 205 Å². The number of primary amides is 1. The second-order valence-electron chi connectivity index (χ2n) is 10.0. The molecule has 1 fully saturated rings. The van der Waals surface area contributed by atoms with E-state index in [4.69, 9.17) is 10.7 Å². The van der Waals surface area contributed by atoms with Gasteiger partial charge in [0.2, 0.25) is 5.91 Å². The Bertz CT molecular complexity index is 1400. The predicted molar refractivity (Wildman–Crippen MR) is 139 cm³/mol. The number of aromatic amines is 1. The minimum absolute atomic E-state index is 0.246. The van der Waals surface area contributed by atoms with Gasteiger partial charge in [-0.1, -0.05) is 13.8 Å². The second kappa shape index (κ2) is 8.96. The molecule has 4 aromatic heterocycles. The molecule has 9 heteroatoms. The minimum atomic E-state index is -0.246. The fourth-order valence-corrected chi connectivity index (χ4v) is 5.27. The molecule has 4 aromatic rings. The van der Waals surface area contributed by atoms with Crippen molar-refractivity contribution < 1.29 is 4.79 Å². The van der Waals surface area contributed by atoms with Gasteiger partial charge in [0, 0.05) is 56.0 Å². The number of hydrogen-bond acceptors (Lipinski definition) is 6. The molecule has 0 aliphatic carbocycles. The summed E-state index contributed by atoms with van der Waals surface area (Å²) in [5.41, 5.74) is 14.1. The van der Waals surface area contributed by atoms with Crippen molar-refractivity contribution in [3.8, 4) is 11.3 Å². The number of aromatic nitrogens is 5. The summed E-state index contributed by atoms with van der Waals surface area (Å²) in [5, 5.41) is 4.39. The van der Waals surface area contributed by atoms with Crippen molar-refractivity contribution in [2.45, 2.75) is 53.0 Å². The lowest BCUT2D eigenvalue weighted by Crippen LogP contribution is -2.52. The molecule has 5 rings (SSSR count). The fourth-order valence-electron chi connectivity index (χ4n) is 5.27. The Kier molecular flexibility index (Phi) is 5.96. The summed E-state index contributed by atoms with van der Waals surface area (Å²) in [5.74, 6) is 1.04. The zero-order chi connectivity index (χ0) is 24.9. The van der Waals surface area contributed by atoms with Crippen LogP contribution in [-0.2, 0) is 4.79 Å². The summed E-state index contributed by atoms with van der Waals surface area (Å²) >= 11 is 0. The highest BCUT2D eigenvalue weighted by Gasteiger charge is 2.26. The topological polar surface area (TPSA) is 108 Å². The van der Waals surface area contributed by atoms with E-state index in [-0.39, 0.29) is 11.8 Å². The average molecular weight is 475 g/mol. The summed E-state index contributed by atoms with van der Waals surface area (Å²) in [6.07, 6.45) is 4.06. The van der Waals surface area contributed by atoms with Crippen LogP contribution in [0.5, 0.6) is 0 Å². The van der Waals surface area contributed by atoms with Crippen LogP contribution in [0.4, 0.5) is 5.82 Å². The van der Waals surface area contributed by atoms with Crippen LogP contribution in [-0.4, -0.2) is 67.6 Å². The minimum Gasteiger partial charge on any atom is -0.370 e. The third kappa shape index (κ3) is 4.14. The van der Waals surface area contributed by atoms with Crippen LogP contribution in [0.3, 0.4) is 0 Å². The van der Waals surface area contributed by atoms with E-state index in [1.54, 1.807) is 6.33 Å². The molecule has 1 aliphatic heterocycles. The monoisotopic (exact) mass is 474 g/mol. The van der Waals surface area contributed by atoms with Gasteiger partial charge in [0.1, 0.15) is 12.1 Å². The maximum Gasteiger partial charge on any atom is 0.218 e. The van der Waals surface area contributed by atoms with Gasteiger partial charge in [0.15, 0.2) is 5.65 Å². The van der Waals surface area contributed by atoms with Crippen LogP contribution in [0, 0.1) is 13.8 Å². The number of nitrogens with one attached hydrogen (secondary N) is 1. The number of piperazine rings is 1. The van der Waals surface area contributed by atoms with Gasteiger partial charge in [-0.3, -0.25) is 9.69 Å². The third-order valence-corrected chi connectivity index (χ3v) is 7.37. The molecule has 0 aromatic carbocycles. The molecule has 0 saturated carbocycles. The zero-order valence-corrected chi connectivity index (χ0v) is 21.2. The van der Waals surface area contributed by atoms with E-state index in [0.29, 0.717) is 19.0 Å². The van der Waals surface area contributed by atoms with E-state index in [2.05, 4.69) is 77.8 Å². The highest BCUT2D eigenvalue weighted by atomic mass is 16.1. The van der Waals surface area contributed by atoms with Gasteiger partial charge in [0.25, 0.3) is 0 Å². The number of nitrogens with zero attached hydrogens (tertiary/aromatic N) is 6. The number of rotatable bonds is 6. The Morgan fingerprint density at radius 1 is 1.23 bits per heavy atom. The quantitative estimate of drug-likeness (QED) is 0.443. The first kappa shape index (κ1) is 23.3. The maximum absolute atomic E-state index is 11.2. The lowest BCUT2D eigenvalue weighted by atomic mass is 9.95. The molecule has 1 atom stereocenters. The van der Waals surface area contributed by atoms with Crippen molar-refractivity contribution in [1.82, 2.24) is 29.5 Å². The molecule has 0 radical (unpaired) electrons. The van der Waals surface area contributed by atoms with Crippen molar-refractivity contribution in [3.05, 3.63) is 41.3 Å². The number of nitrogens with two attached hydrogens (primary N) is 1. The summed E-state index contributed by atoms with van der Waals surface area (Å²) < 4.78 is 1.85. The first-order valence-electron chi connectivity index (χ1n) is 12.3. The molecular weight excluding hydrogens is 440 g/mol. The Balaban J connectivity index is 1.52. The number of anilines is 1. The number of amides is 1. The molecule has 5 heterocycles. The van der Waals surface area contributed by atoms with E-state index in [1.165, 1.54) is 11.1 Å². The van der Waals surface area contributed by atoms with Crippen LogP contribution in [0.15, 0.2) is 24.7 Å². The lowest BCUT2D eigenvalue weighted by molar-refractivity contribution is -0.118. The number of pyridine rings is 2. The van der Waals surface area contributed by atoms with Gasteiger partial charge in [-0.15, -0.1) is 0 Å². The standard InChI is InChI=1S/C26H34N8O/c1-15(2)23-24(19-13-34-26(28-14-29-34)18(5)17(19)4)30-20-6-7-22(31-25(20)23)33-11-10-32(16(3)12-33)9-8-21(27)35/h6-7,13-16,30H,8-12H2,1-5H3,(H2,27,35)/t16-/m1/s1. The number of hydrogen-bond donors (Lipinski definition) is 2. The summed E-state index contributed by atoms with van der Waals surface area (Å²) in [6.45, 7) is 14.2. The Morgan fingerprint density at radius 3 is 2.74 bits per heavy atom. The zero-order valence-electron chi connectivity index (χ0n) is 21.2. The average Bonchev–Trinajstić information content (AvgIpc) is 3.44. The van der Waals surface area contributed by atoms with Crippen molar-refractivity contribution in [1.29, 1.82) is 0 Å². The third-order valence-electron chi connectivity index (χ3n) is 7.37. The van der Waals surface area contributed by atoms with E-state index >= 15 is 0 Å². The Hall–Kier alpha value is -3.46. The molecule has 184 valence electrons. The first-order chi connectivity index (χ1) is 16.7. The summed E-state index contributed by atoms with van der Waals surface area (Å²) in [6, 6.07) is 4.58. The smallest absolute Gasteiger partial charge is 0.218 e. The first-order valence-corrected chi connectivity index (χ1v) is 12.3. The number of aryl methyl sites for hydroxylation is 1. The van der Waals surface area contributed by atoms with Crippen LogP contribution in [0.25, 0.3) is 27.9 Å². The second-order valence-corrected chi connectivity index (χ2v) is 10.0. The van der Waals surface area contributed by atoms with Crippen LogP contribution < -0.4 is 10.6 Å². The van der Waals surface area contributed by atoms with Crippen molar-refractivity contribution in [3.63, 3.8) is 0 Å². The molecular formula is C26H34N8O. The largest absolute Gasteiger partial charge is 0.370 e. The molecule has 9 nitrogen and oxygen atoms in total. The SMILES string of the molecule is Cc1c(-c2[nH]c3ccc(N4CCN(CCC(N)=O)[C@H](C)C4)nc3c2C(C)C)cn2ncnc2c1C. The Morgan fingerprint density at radius 2 is 2.03 bits per heavy atom. The van der Waals surface area contributed by atoms with E-state index in [1.807, 2.05) is 4.52 Å².